The van der Waals surface area contributed by atoms with Gasteiger partial charge in [0.15, 0.2) is 11.3 Å². The summed E-state index contributed by atoms with van der Waals surface area (Å²) in [5.41, 5.74) is 5.50. The Morgan fingerprint density at radius 1 is 1.23 bits per heavy atom. The zero-order chi connectivity index (χ0) is 18.9. The van der Waals surface area contributed by atoms with Crippen molar-refractivity contribution in [2.75, 3.05) is 12.0 Å². The van der Waals surface area contributed by atoms with Crippen LogP contribution in [-0.4, -0.2) is 25.6 Å². The minimum absolute atomic E-state index is 0.0661. The van der Waals surface area contributed by atoms with E-state index in [2.05, 4.69) is 4.72 Å². The number of ether oxygens (including phenoxy) is 1. The van der Waals surface area contributed by atoms with Crippen molar-refractivity contribution in [2.45, 2.75) is 24.7 Å². The number of nitrogen functional groups attached to an aromatic ring is 1. The molecule has 7 nitrogen and oxygen atoms in total. The maximum Gasteiger partial charge on any atom is 0.267 e. The van der Waals surface area contributed by atoms with Crippen LogP contribution in [0.15, 0.2) is 36.4 Å². The van der Waals surface area contributed by atoms with Crippen LogP contribution in [0.4, 0.5) is 5.69 Å². The minimum Gasteiger partial charge on any atom is -0.455 e. The number of fused-ring (bicyclic) bond motifs is 5. The summed E-state index contributed by atoms with van der Waals surface area (Å²) in [5.74, 6) is -2.59. The Bertz CT molecular complexity index is 1070. The smallest absolute Gasteiger partial charge is 0.267 e. The summed E-state index contributed by atoms with van der Waals surface area (Å²) >= 11 is 0. The molecule has 8 heteroatoms. The second-order valence-corrected chi connectivity index (χ2v) is 8.40. The Morgan fingerprint density at radius 3 is 2.62 bits per heavy atom. The number of rotatable bonds is 3. The van der Waals surface area contributed by atoms with E-state index in [4.69, 9.17) is 10.5 Å². The molecule has 4 rings (SSSR count). The summed E-state index contributed by atoms with van der Waals surface area (Å²) in [5, 5.41) is 11.5. The number of sulfonamides is 1. The van der Waals surface area contributed by atoms with Gasteiger partial charge in [-0.05, 0) is 24.1 Å². The van der Waals surface area contributed by atoms with E-state index < -0.39 is 27.1 Å². The van der Waals surface area contributed by atoms with Gasteiger partial charge in [-0.25, -0.2) is 8.42 Å². The Kier molecular flexibility index (Phi) is 3.31. The molecule has 26 heavy (non-hydrogen) atoms. The van der Waals surface area contributed by atoms with Gasteiger partial charge in [-0.1, -0.05) is 31.2 Å². The minimum atomic E-state index is -3.88. The summed E-state index contributed by atoms with van der Waals surface area (Å²) in [6.45, 7) is 1.96. The Balaban J connectivity index is 2.07. The first-order chi connectivity index (χ1) is 12.1. The van der Waals surface area contributed by atoms with Gasteiger partial charge in [-0.15, -0.1) is 0 Å². The van der Waals surface area contributed by atoms with E-state index in [0.717, 1.165) is 18.2 Å². The number of carbonyl (C=O) groups excluding carboxylic acids is 1. The SMILES string of the molecule is CCc1ccc2c(c1)OC1(O)c3cccc(N)c3C(=O)C21NS(C)(=O)=O. The number of nitrogens with one attached hydrogen (secondary N) is 1. The predicted molar refractivity (Wildman–Crippen MR) is 95.2 cm³/mol. The number of benzene rings is 2. The molecule has 1 aliphatic heterocycles. The highest BCUT2D eigenvalue weighted by Gasteiger charge is 2.72. The fraction of sp³-hybridized carbons (Fsp3) is 0.278. The second kappa shape index (κ2) is 5.06. The van der Waals surface area contributed by atoms with E-state index in [1.165, 1.54) is 12.1 Å². The zero-order valence-electron chi connectivity index (χ0n) is 14.2. The molecule has 4 N–H and O–H groups in total. The van der Waals surface area contributed by atoms with Crippen molar-refractivity contribution in [3.63, 3.8) is 0 Å². The fourth-order valence-electron chi connectivity index (χ4n) is 3.87. The predicted octanol–water partition coefficient (Wildman–Crippen LogP) is 1.01. The lowest BCUT2D eigenvalue weighted by Gasteiger charge is -2.33. The molecule has 0 fully saturated rings. The molecule has 0 spiro atoms. The standard InChI is InChI=1S/C18H18N2O5S/c1-3-10-7-8-11-14(9-10)25-18(22)12-5-4-6-13(19)15(12)16(21)17(11,18)20-26(2,23)24/h4-9,20,22H,3,19H2,1-2H3. The molecule has 0 saturated carbocycles. The van der Waals surface area contributed by atoms with Gasteiger partial charge in [-0.3, -0.25) is 4.79 Å². The van der Waals surface area contributed by atoms with Crippen LogP contribution >= 0.6 is 0 Å². The third-order valence-electron chi connectivity index (χ3n) is 4.99. The van der Waals surface area contributed by atoms with Crippen LogP contribution in [0, 0.1) is 0 Å². The number of hydrogen-bond donors (Lipinski definition) is 3. The Morgan fingerprint density at radius 2 is 1.96 bits per heavy atom. The van der Waals surface area contributed by atoms with E-state index >= 15 is 0 Å². The molecule has 0 bridgehead atoms. The van der Waals surface area contributed by atoms with Crippen LogP contribution in [0.2, 0.25) is 0 Å². The van der Waals surface area contributed by atoms with Crippen LogP contribution in [0.3, 0.4) is 0 Å². The molecular weight excluding hydrogens is 356 g/mol. The van der Waals surface area contributed by atoms with Crippen molar-refractivity contribution in [3.05, 3.63) is 58.7 Å². The Labute approximate surface area is 150 Å². The van der Waals surface area contributed by atoms with Crippen LogP contribution in [0.25, 0.3) is 0 Å². The number of nitrogens with two attached hydrogens (primary N) is 1. The van der Waals surface area contributed by atoms with E-state index in [1.807, 2.05) is 6.92 Å². The topological polar surface area (TPSA) is 119 Å². The molecule has 1 heterocycles. The molecule has 0 radical (unpaired) electrons. The number of aliphatic hydroxyl groups is 1. The molecule has 2 unspecified atom stereocenters. The van der Waals surface area contributed by atoms with Crippen molar-refractivity contribution in [2.24, 2.45) is 0 Å². The first-order valence-electron chi connectivity index (χ1n) is 8.11. The molecule has 136 valence electrons. The van der Waals surface area contributed by atoms with Crippen LogP contribution < -0.4 is 15.2 Å². The number of carbonyl (C=O) groups is 1. The number of ketones is 1. The van der Waals surface area contributed by atoms with Gasteiger partial charge in [-0.2, -0.15) is 4.72 Å². The molecule has 0 aromatic heterocycles. The second-order valence-electron chi connectivity index (χ2n) is 6.65. The van der Waals surface area contributed by atoms with Gasteiger partial charge in [0.05, 0.1) is 11.8 Å². The van der Waals surface area contributed by atoms with E-state index in [-0.39, 0.29) is 28.1 Å². The molecule has 1 aliphatic carbocycles. The largest absolute Gasteiger partial charge is 0.455 e. The number of aryl methyl sites for hydroxylation is 1. The van der Waals surface area contributed by atoms with Crippen molar-refractivity contribution < 1.29 is 23.1 Å². The van der Waals surface area contributed by atoms with E-state index in [9.17, 15) is 18.3 Å². The highest BCUT2D eigenvalue weighted by molar-refractivity contribution is 7.88. The number of hydrogen-bond acceptors (Lipinski definition) is 6. The first-order valence-corrected chi connectivity index (χ1v) is 10.0. The number of anilines is 1. The van der Waals surface area contributed by atoms with Gasteiger partial charge >= 0.3 is 0 Å². The van der Waals surface area contributed by atoms with Gasteiger partial charge < -0.3 is 15.6 Å². The third-order valence-corrected chi connectivity index (χ3v) is 5.67. The lowest BCUT2D eigenvalue weighted by Crippen LogP contribution is -2.59. The van der Waals surface area contributed by atoms with Crippen molar-refractivity contribution in [3.8, 4) is 5.75 Å². The lowest BCUT2D eigenvalue weighted by atomic mass is 9.84. The lowest BCUT2D eigenvalue weighted by molar-refractivity contribution is -0.166. The third kappa shape index (κ3) is 1.94. The van der Waals surface area contributed by atoms with Crippen LogP contribution in [0.1, 0.15) is 34.0 Å². The average Bonchev–Trinajstić information content (AvgIpc) is 2.91. The van der Waals surface area contributed by atoms with Gasteiger partial charge in [0.25, 0.3) is 5.79 Å². The highest BCUT2D eigenvalue weighted by Crippen LogP contribution is 2.59. The van der Waals surface area contributed by atoms with Crippen molar-refractivity contribution in [1.82, 2.24) is 4.72 Å². The summed E-state index contributed by atoms with van der Waals surface area (Å²) in [7, 11) is -3.88. The molecule has 2 aromatic carbocycles. The molecule has 2 aromatic rings. The van der Waals surface area contributed by atoms with Crippen LogP contribution in [0.5, 0.6) is 5.75 Å². The van der Waals surface area contributed by atoms with Crippen molar-refractivity contribution in [1.29, 1.82) is 0 Å². The normalized spacial score (nSPS) is 26.2. The van der Waals surface area contributed by atoms with Gasteiger partial charge in [0.1, 0.15) is 5.75 Å². The summed E-state index contributed by atoms with van der Waals surface area (Å²) in [6, 6.07) is 9.72. The van der Waals surface area contributed by atoms with Crippen molar-refractivity contribution >= 4 is 21.5 Å². The summed E-state index contributed by atoms with van der Waals surface area (Å²) < 4.78 is 32.4. The monoisotopic (exact) mass is 374 g/mol. The van der Waals surface area contributed by atoms with Gasteiger partial charge in [0.2, 0.25) is 10.0 Å². The summed E-state index contributed by atoms with van der Waals surface area (Å²) in [4.78, 5) is 13.4. The first kappa shape index (κ1) is 17.0. The molecule has 2 atom stereocenters. The number of Topliss-reactive ketones (excluding diaryl/α,β-unsaturated/α-hetero) is 1. The van der Waals surface area contributed by atoms with Crippen LogP contribution in [-0.2, 0) is 27.8 Å². The molecule has 0 amide bonds. The fourth-order valence-corrected chi connectivity index (χ4v) is 4.77. The maximum absolute atomic E-state index is 13.4. The highest BCUT2D eigenvalue weighted by atomic mass is 32.2. The van der Waals surface area contributed by atoms with Gasteiger partial charge in [0, 0.05) is 16.8 Å². The Hall–Kier alpha value is -2.42. The molecule has 0 saturated heterocycles. The molecule has 2 aliphatic rings. The molecular formula is C18H18N2O5S. The average molecular weight is 374 g/mol. The van der Waals surface area contributed by atoms with E-state index in [0.29, 0.717) is 0 Å². The quantitative estimate of drug-likeness (QED) is 0.690. The van der Waals surface area contributed by atoms with E-state index in [1.54, 1.807) is 24.3 Å². The maximum atomic E-state index is 13.4. The summed E-state index contributed by atoms with van der Waals surface area (Å²) in [6.07, 6.45) is 1.65. The zero-order valence-corrected chi connectivity index (χ0v) is 15.1.